The zero-order valence-corrected chi connectivity index (χ0v) is 13.0. The van der Waals surface area contributed by atoms with E-state index in [-0.39, 0.29) is 23.9 Å². The molecule has 5 rings (SSSR count). The molecule has 0 amide bonds. The molecule has 0 radical (unpaired) electrons. The van der Waals surface area contributed by atoms with Crippen LogP contribution in [-0.4, -0.2) is 26.8 Å². The maximum Gasteiger partial charge on any atom is 0.209 e. The minimum atomic E-state index is -3.31. The first-order chi connectivity index (χ1) is 10.5. The Morgan fingerprint density at radius 1 is 0.864 bits per heavy atom. The van der Waals surface area contributed by atoms with Crippen LogP contribution in [0.5, 0.6) is 0 Å². The first kappa shape index (κ1) is 13.9. The van der Waals surface area contributed by atoms with Gasteiger partial charge in [-0.2, -0.15) is 0 Å². The Morgan fingerprint density at radius 2 is 1.27 bits per heavy atom. The summed E-state index contributed by atoms with van der Waals surface area (Å²) in [6, 6.07) is 15.9. The number of nitrogens with one attached hydrogen (secondary N) is 1. The van der Waals surface area contributed by atoms with Crippen LogP contribution in [0.15, 0.2) is 48.5 Å². The Balaban J connectivity index is 1.95. The Hall–Kier alpha value is -1.69. The third-order valence-corrected chi connectivity index (χ3v) is 5.54. The van der Waals surface area contributed by atoms with Gasteiger partial charge in [-0.15, -0.1) is 0 Å². The Bertz CT molecular complexity index is 800. The second-order valence-electron chi connectivity index (χ2n) is 6.21. The first-order valence-electron chi connectivity index (χ1n) is 7.38. The second-order valence-corrected chi connectivity index (χ2v) is 7.99. The highest BCUT2D eigenvalue weighted by atomic mass is 32.2. The standard InChI is InChI=1S/C17H18N2O2S/c1-22(20,21)19-17-15-12-8-4-2-6-10(12)14(16(17)18)11-7-3-5-9-13(11)15/h2-9,14-17,19H,18H2,1H3/t14?,15?,16-,17-/m0/s1. The van der Waals surface area contributed by atoms with Gasteiger partial charge in [0.2, 0.25) is 10.0 Å². The summed E-state index contributed by atoms with van der Waals surface area (Å²) < 4.78 is 26.3. The molecule has 0 aliphatic heterocycles. The number of nitrogens with two attached hydrogens (primary N) is 1. The summed E-state index contributed by atoms with van der Waals surface area (Å²) >= 11 is 0. The summed E-state index contributed by atoms with van der Waals surface area (Å²) in [5.41, 5.74) is 11.3. The molecule has 0 spiro atoms. The second kappa shape index (κ2) is 4.65. The lowest BCUT2D eigenvalue weighted by atomic mass is 9.59. The van der Waals surface area contributed by atoms with Gasteiger partial charge in [0, 0.05) is 23.9 Å². The van der Waals surface area contributed by atoms with Gasteiger partial charge in [0.25, 0.3) is 0 Å². The van der Waals surface area contributed by atoms with Crippen LogP contribution >= 0.6 is 0 Å². The molecule has 2 atom stereocenters. The maximum atomic E-state index is 11.8. The van der Waals surface area contributed by atoms with Crippen molar-refractivity contribution in [2.24, 2.45) is 5.73 Å². The van der Waals surface area contributed by atoms with E-state index < -0.39 is 10.0 Å². The van der Waals surface area contributed by atoms with Crippen molar-refractivity contribution in [3.05, 3.63) is 70.8 Å². The summed E-state index contributed by atoms with van der Waals surface area (Å²) in [6.45, 7) is 0. The van der Waals surface area contributed by atoms with Gasteiger partial charge in [0.1, 0.15) is 0 Å². The monoisotopic (exact) mass is 314 g/mol. The SMILES string of the molecule is CS(=O)(=O)N[C@H]1C2c3ccccc3C(c3ccccc32)[C@@H]1N. The van der Waals surface area contributed by atoms with E-state index in [9.17, 15) is 8.42 Å². The molecule has 0 aromatic heterocycles. The van der Waals surface area contributed by atoms with E-state index in [1.165, 1.54) is 28.5 Å². The molecule has 0 unspecified atom stereocenters. The van der Waals surface area contributed by atoms with E-state index in [4.69, 9.17) is 5.73 Å². The van der Waals surface area contributed by atoms with Crippen molar-refractivity contribution in [2.45, 2.75) is 23.9 Å². The first-order valence-corrected chi connectivity index (χ1v) is 9.27. The van der Waals surface area contributed by atoms with Gasteiger partial charge in [0.05, 0.1) is 6.26 Å². The molecule has 3 aliphatic rings. The van der Waals surface area contributed by atoms with E-state index in [0.717, 1.165) is 0 Å². The van der Waals surface area contributed by atoms with Crippen molar-refractivity contribution in [1.82, 2.24) is 4.72 Å². The predicted octanol–water partition coefficient (Wildman–Crippen LogP) is 1.52. The lowest BCUT2D eigenvalue weighted by Crippen LogP contribution is -2.59. The van der Waals surface area contributed by atoms with Crippen LogP contribution in [0.2, 0.25) is 0 Å². The van der Waals surface area contributed by atoms with Crippen LogP contribution in [0, 0.1) is 0 Å². The molecule has 0 saturated heterocycles. The summed E-state index contributed by atoms with van der Waals surface area (Å²) in [6.07, 6.45) is 1.19. The lowest BCUT2D eigenvalue weighted by molar-refractivity contribution is 0.360. The molecule has 114 valence electrons. The number of fused-ring (bicyclic) bond motifs is 1. The minimum absolute atomic E-state index is 0.0258. The molecule has 0 saturated carbocycles. The third-order valence-electron chi connectivity index (χ3n) is 4.84. The Kier molecular flexibility index (Phi) is 2.95. The number of rotatable bonds is 2. The topological polar surface area (TPSA) is 72.2 Å². The minimum Gasteiger partial charge on any atom is -0.325 e. The average molecular weight is 314 g/mol. The van der Waals surface area contributed by atoms with Gasteiger partial charge in [-0.3, -0.25) is 0 Å². The van der Waals surface area contributed by atoms with Gasteiger partial charge in [-0.05, 0) is 22.3 Å². The molecule has 4 nitrogen and oxygen atoms in total. The van der Waals surface area contributed by atoms with Crippen LogP contribution in [0.1, 0.15) is 34.1 Å². The Labute approximate surface area is 130 Å². The van der Waals surface area contributed by atoms with Crippen LogP contribution in [0.25, 0.3) is 0 Å². The summed E-state index contributed by atoms with van der Waals surface area (Å²) in [4.78, 5) is 0. The smallest absolute Gasteiger partial charge is 0.209 e. The van der Waals surface area contributed by atoms with E-state index in [1.54, 1.807) is 0 Å². The van der Waals surface area contributed by atoms with Crippen molar-refractivity contribution in [2.75, 3.05) is 6.26 Å². The number of hydrogen-bond donors (Lipinski definition) is 2. The molecular formula is C17H18N2O2S. The highest BCUT2D eigenvalue weighted by Crippen LogP contribution is 2.52. The van der Waals surface area contributed by atoms with Crippen LogP contribution in [0.3, 0.4) is 0 Å². The summed E-state index contributed by atoms with van der Waals surface area (Å²) in [5, 5.41) is 0. The quantitative estimate of drug-likeness (QED) is 0.883. The Morgan fingerprint density at radius 3 is 1.68 bits per heavy atom. The van der Waals surface area contributed by atoms with Crippen LogP contribution in [0.4, 0.5) is 0 Å². The van der Waals surface area contributed by atoms with Crippen molar-refractivity contribution in [3.8, 4) is 0 Å². The molecule has 5 heteroatoms. The van der Waals surface area contributed by atoms with Gasteiger partial charge in [-0.1, -0.05) is 48.5 Å². The van der Waals surface area contributed by atoms with Crippen molar-refractivity contribution in [1.29, 1.82) is 0 Å². The third kappa shape index (κ3) is 1.93. The molecule has 0 heterocycles. The average Bonchev–Trinajstić information content (AvgIpc) is 2.48. The van der Waals surface area contributed by atoms with Gasteiger partial charge < -0.3 is 5.73 Å². The highest BCUT2D eigenvalue weighted by molar-refractivity contribution is 7.88. The highest BCUT2D eigenvalue weighted by Gasteiger charge is 2.48. The molecule has 2 aromatic rings. The van der Waals surface area contributed by atoms with Crippen molar-refractivity contribution in [3.63, 3.8) is 0 Å². The zero-order valence-electron chi connectivity index (χ0n) is 12.2. The number of sulfonamides is 1. The molecule has 0 fully saturated rings. The van der Waals surface area contributed by atoms with Gasteiger partial charge in [-0.25, -0.2) is 13.1 Å². The van der Waals surface area contributed by atoms with Crippen LogP contribution in [-0.2, 0) is 10.0 Å². The molecule has 22 heavy (non-hydrogen) atoms. The zero-order chi connectivity index (χ0) is 15.5. The van der Waals surface area contributed by atoms with Gasteiger partial charge in [0.15, 0.2) is 0 Å². The number of benzene rings is 2. The summed E-state index contributed by atoms with van der Waals surface area (Å²) in [5.74, 6) is 0.0128. The van der Waals surface area contributed by atoms with Gasteiger partial charge >= 0.3 is 0 Å². The van der Waals surface area contributed by atoms with E-state index in [0.29, 0.717) is 0 Å². The van der Waals surface area contributed by atoms with Crippen molar-refractivity contribution < 1.29 is 8.42 Å². The molecular weight excluding hydrogens is 296 g/mol. The normalized spacial score (nSPS) is 29.0. The van der Waals surface area contributed by atoms with E-state index in [1.807, 2.05) is 24.3 Å². The fourth-order valence-corrected chi connectivity index (χ4v) is 4.90. The molecule has 3 N–H and O–H groups in total. The van der Waals surface area contributed by atoms with E-state index in [2.05, 4.69) is 29.0 Å². The fraction of sp³-hybridized carbons (Fsp3) is 0.294. The molecule has 2 bridgehead atoms. The van der Waals surface area contributed by atoms with E-state index >= 15 is 0 Å². The summed E-state index contributed by atoms with van der Waals surface area (Å²) in [7, 11) is -3.31. The number of hydrogen-bond acceptors (Lipinski definition) is 3. The lowest BCUT2D eigenvalue weighted by Gasteiger charge is -2.49. The van der Waals surface area contributed by atoms with Crippen LogP contribution < -0.4 is 10.5 Å². The fourth-order valence-electron chi connectivity index (χ4n) is 4.11. The predicted molar refractivity (Wildman–Crippen MR) is 86.3 cm³/mol. The molecule has 3 aliphatic carbocycles. The maximum absolute atomic E-state index is 11.8. The van der Waals surface area contributed by atoms with Crippen molar-refractivity contribution >= 4 is 10.0 Å². The largest absolute Gasteiger partial charge is 0.325 e. The molecule has 2 aromatic carbocycles.